The fourth-order valence-electron chi connectivity index (χ4n) is 5.40. The summed E-state index contributed by atoms with van der Waals surface area (Å²) in [5, 5.41) is 1.59. The molecule has 5 heteroatoms. The van der Waals surface area contributed by atoms with Crippen molar-refractivity contribution in [1.29, 1.82) is 0 Å². The maximum Gasteiger partial charge on any atom is 0.161 e. The number of benzene rings is 3. The lowest BCUT2D eigenvalue weighted by molar-refractivity contribution is 0.660. The predicted molar refractivity (Wildman–Crippen MR) is 146 cm³/mol. The third-order valence-corrected chi connectivity index (χ3v) is 8.68. The molecule has 0 atom stereocenters. The third-order valence-electron chi connectivity index (χ3n) is 7.13. The Morgan fingerprint density at radius 2 is 1.54 bits per heavy atom. The molecule has 0 radical (unpaired) electrons. The molecule has 3 nitrogen and oxygen atoms in total. The van der Waals surface area contributed by atoms with Gasteiger partial charge in [-0.3, -0.25) is 4.98 Å². The highest BCUT2D eigenvalue weighted by Crippen LogP contribution is 2.52. The van der Waals surface area contributed by atoms with E-state index in [-0.39, 0.29) is 5.41 Å². The molecule has 0 saturated carbocycles. The largest absolute Gasteiger partial charge is 0.265 e. The molecule has 1 aliphatic carbocycles. The van der Waals surface area contributed by atoms with E-state index in [1.54, 1.807) is 23.7 Å². The van der Waals surface area contributed by atoms with Crippen LogP contribution < -0.4 is 0 Å². The first-order chi connectivity index (χ1) is 17.0. The van der Waals surface area contributed by atoms with E-state index in [0.717, 1.165) is 25.9 Å². The van der Waals surface area contributed by atoms with E-state index < -0.39 is 0 Å². The molecule has 0 aliphatic heterocycles. The van der Waals surface area contributed by atoms with Crippen LogP contribution in [0.3, 0.4) is 0 Å². The molecule has 0 amide bonds. The average Bonchev–Trinajstić information content (AvgIpc) is 3.38. The van der Waals surface area contributed by atoms with Gasteiger partial charge in [-0.2, -0.15) is 0 Å². The van der Waals surface area contributed by atoms with Gasteiger partial charge in [0, 0.05) is 33.5 Å². The summed E-state index contributed by atoms with van der Waals surface area (Å²) in [4.78, 5) is 13.6. The summed E-state index contributed by atoms with van der Waals surface area (Å²) >= 11 is 8.29. The first-order valence-electron chi connectivity index (χ1n) is 11.6. The smallest absolute Gasteiger partial charge is 0.161 e. The number of hydrogen-bond acceptors (Lipinski definition) is 4. The molecule has 3 aromatic carbocycles. The minimum absolute atomic E-state index is 0.0265. The number of hydrogen-bond donors (Lipinski definition) is 0. The molecule has 168 valence electrons. The monoisotopic (exact) mass is 489 g/mol. The van der Waals surface area contributed by atoms with Gasteiger partial charge in [-0.15, -0.1) is 11.3 Å². The van der Waals surface area contributed by atoms with Crippen molar-refractivity contribution in [2.45, 2.75) is 19.3 Å². The van der Waals surface area contributed by atoms with Crippen molar-refractivity contribution < 1.29 is 0 Å². The Labute approximate surface area is 212 Å². The van der Waals surface area contributed by atoms with Gasteiger partial charge in [0.2, 0.25) is 0 Å². The lowest BCUT2D eigenvalue weighted by Crippen LogP contribution is -2.14. The molecule has 1 aliphatic rings. The van der Waals surface area contributed by atoms with E-state index in [9.17, 15) is 0 Å². The summed E-state index contributed by atoms with van der Waals surface area (Å²) in [6.07, 6.45) is 3.49. The maximum absolute atomic E-state index is 6.65. The first-order valence-corrected chi connectivity index (χ1v) is 12.8. The van der Waals surface area contributed by atoms with Gasteiger partial charge < -0.3 is 0 Å². The van der Waals surface area contributed by atoms with Crippen LogP contribution in [0, 0.1) is 0 Å². The lowest BCUT2D eigenvalue weighted by atomic mass is 9.82. The van der Waals surface area contributed by atoms with Crippen molar-refractivity contribution in [3.05, 3.63) is 101 Å². The molecular formula is C30H20ClN3S. The van der Waals surface area contributed by atoms with Crippen LogP contribution in [0.4, 0.5) is 0 Å². The van der Waals surface area contributed by atoms with E-state index in [4.69, 9.17) is 16.6 Å². The predicted octanol–water partition coefficient (Wildman–Crippen LogP) is 8.53. The number of aromatic nitrogens is 3. The summed E-state index contributed by atoms with van der Waals surface area (Å²) in [5.74, 6) is 0.617. The summed E-state index contributed by atoms with van der Waals surface area (Å²) in [6.45, 7) is 4.63. The molecule has 0 bridgehead atoms. The van der Waals surface area contributed by atoms with E-state index in [0.29, 0.717) is 11.0 Å². The van der Waals surface area contributed by atoms with Gasteiger partial charge >= 0.3 is 0 Å². The Balaban J connectivity index is 1.48. The lowest BCUT2D eigenvalue weighted by Gasteiger charge is -2.21. The second-order valence-electron chi connectivity index (χ2n) is 9.46. The van der Waals surface area contributed by atoms with Crippen molar-refractivity contribution in [2.24, 2.45) is 0 Å². The maximum atomic E-state index is 6.65. The van der Waals surface area contributed by atoms with Crippen molar-refractivity contribution in [3.63, 3.8) is 0 Å². The third kappa shape index (κ3) is 3.00. The van der Waals surface area contributed by atoms with Gasteiger partial charge in [-0.05, 0) is 57.6 Å². The van der Waals surface area contributed by atoms with Gasteiger partial charge in [0.1, 0.15) is 0 Å². The van der Waals surface area contributed by atoms with Crippen LogP contribution in [0.15, 0.2) is 85.2 Å². The summed E-state index contributed by atoms with van der Waals surface area (Å²) in [5.41, 5.74) is 9.61. The summed E-state index contributed by atoms with van der Waals surface area (Å²) < 4.78 is 2.07. The zero-order valence-corrected chi connectivity index (χ0v) is 20.8. The quantitative estimate of drug-likeness (QED) is 0.229. The Hall–Kier alpha value is -3.60. The van der Waals surface area contributed by atoms with E-state index in [1.165, 1.54) is 33.4 Å². The minimum atomic E-state index is -0.0265. The van der Waals surface area contributed by atoms with Crippen LogP contribution in [0.25, 0.3) is 53.9 Å². The normalized spacial score (nSPS) is 13.8. The molecule has 0 N–H and O–H groups in total. The summed E-state index contributed by atoms with van der Waals surface area (Å²) in [6, 6.07) is 25.9. The highest BCUT2D eigenvalue weighted by molar-refractivity contribution is 7.26. The summed E-state index contributed by atoms with van der Waals surface area (Å²) in [7, 11) is 0. The Bertz CT molecular complexity index is 1790. The van der Waals surface area contributed by atoms with Gasteiger partial charge in [0.25, 0.3) is 0 Å². The van der Waals surface area contributed by atoms with Crippen molar-refractivity contribution in [3.8, 4) is 33.6 Å². The zero-order valence-electron chi connectivity index (χ0n) is 19.2. The fraction of sp³-hybridized carbons (Fsp3) is 0.100. The molecule has 7 rings (SSSR count). The first kappa shape index (κ1) is 20.7. The number of halogens is 1. The molecule has 3 heterocycles. The van der Waals surface area contributed by atoms with E-state index in [1.807, 2.05) is 12.1 Å². The van der Waals surface area contributed by atoms with E-state index in [2.05, 4.69) is 84.5 Å². The van der Waals surface area contributed by atoms with Crippen LogP contribution >= 0.6 is 22.9 Å². The molecule has 0 spiro atoms. The van der Waals surface area contributed by atoms with Crippen LogP contribution in [0.1, 0.15) is 25.0 Å². The highest BCUT2D eigenvalue weighted by Gasteiger charge is 2.36. The second kappa shape index (κ2) is 7.45. The molecule has 3 aromatic heterocycles. The van der Waals surface area contributed by atoms with Gasteiger partial charge in [0.05, 0.1) is 10.2 Å². The van der Waals surface area contributed by atoms with Crippen LogP contribution in [0.2, 0.25) is 5.15 Å². The number of nitrogens with zero attached hydrogens (tertiary/aromatic N) is 3. The van der Waals surface area contributed by atoms with E-state index >= 15 is 0 Å². The zero-order chi connectivity index (χ0) is 23.7. The topological polar surface area (TPSA) is 38.7 Å². The number of fused-ring (bicyclic) bond motifs is 6. The Morgan fingerprint density at radius 1 is 0.771 bits per heavy atom. The SMILES string of the molecule is CC1(C)c2ccccc2-c2c(-c3ccc4sc5c(Cl)nc(-c6ccncc6)nc5c4c3)cccc21. The average molecular weight is 490 g/mol. The highest BCUT2D eigenvalue weighted by atomic mass is 35.5. The molecule has 0 fully saturated rings. The fourth-order valence-corrected chi connectivity index (χ4v) is 6.69. The number of rotatable bonds is 2. The number of thiophene rings is 1. The molecule has 0 saturated heterocycles. The van der Waals surface area contributed by atoms with Gasteiger partial charge in [0.15, 0.2) is 11.0 Å². The molecule has 0 unspecified atom stereocenters. The van der Waals surface area contributed by atoms with Crippen LogP contribution in [-0.4, -0.2) is 15.0 Å². The molecule has 35 heavy (non-hydrogen) atoms. The standard InChI is InChI=1S/C30H20ClN3S/c1-30(2)22-8-4-3-6-20(22)25-19(7-5-9-23(25)30)18-10-11-24-21(16-18)26-27(35-24)28(31)34-29(33-26)17-12-14-32-15-13-17/h3-16H,1-2H3. The second-order valence-corrected chi connectivity index (χ2v) is 10.9. The molecular weight excluding hydrogens is 470 g/mol. The van der Waals surface area contributed by atoms with Crippen molar-refractivity contribution in [2.75, 3.05) is 0 Å². The van der Waals surface area contributed by atoms with Gasteiger partial charge in [-0.1, -0.05) is 74.0 Å². The minimum Gasteiger partial charge on any atom is -0.265 e. The van der Waals surface area contributed by atoms with Gasteiger partial charge in [-0.25, -0.2) is 9.97 Å². The Morgan fingerprint density at radius 3 is 2.40 bits per heavy atom. The molecule has 6 aromatic rings. The van der Waals surface area contributed by atoms with Crippen LogP contribution in [-0.2, 0) is 5.41 Å². The number of pyridine rings is 1. The Kier molecular flexibility index (Phi) is 4.41. The van der Waals surface area contributed by atoms with Crippen molar-refractivity contribution in [1.82, 2.24) is 15.0 Å². The van der Waals surface area contributed by atoms with Crippen LogP contribution in [0.5, 0.6) is 0 Å². The van der Waals surface area contributed by atoms with Crippen molar-refractivity contribution >= 4 is 43.2 Å².